The number of hydrogen-bond donors (Lipinski definition) is 1. The zero-order valence-corrected chi connectivity index (χ0v) is 15.6. The molecule has 0 aliphatic carbocycles. The number of ether oxygens (including phenoxy) is 1. The minimum atomic E-state index is -3.61. The normalized spacial score (nSPS) is 12.2. The number of carbonyl (C=O) groups is 1. The molecule has 7 nitrogen and oxygen atoms in total. The van der Waals surface area contributed by atoms with Crippen molar-refractivity contribution in [3.8, 4) is 0 Å². The van der Waals surface area contributed by atoms with Crippen molar-refractivity contribution >= 4 is 19.0 Å². The summed E-state index contributed by atoms with van der Waals surface area (Å²) in [5.41, 5.74) is 0.920. The van der Waals surface area contributed by atoms with Crippen molar-refractivity contribution in [3.63, 3.8) is 0 Å². The van der Waals surface area contributed by atoms with Crippen molar-refractivity contribution in [2.45, 2.75) is 66.6 Å². The first-order valence-electron chi connectivity index (χ1n) is 7.96. The number of nitrogens with zero attached hydrogens (tertiary/aromatic N) is 1. The van der Waals surface area contributed by atoms with Crippen LogP contribution in [0.25, 0.3) is 0 Å². The van der Waals surface area contributed by atoms with Crippen molar-refractivity contribution in [2.75, 3.05) is 6.61 Å². The van der Waals surface area contributed by atoms with E-state index in [1.165, 1.54) is 0 Å². The molecule has 0 fully saturated rings. The number of hydrogen-bond acceptors (Lipinski definition) is 6. The van der Waals surface area contributed by atoms with Gasteiger partial charge >= 0.3 is 13.6 Å². The Morgan fingerprint density at radius 3 is 2.17 bits per heavy atom. The van der Waals surface area contributed by atoms with Gasteiger partial charge in [0.15, 0.2) is 11.1 Å². The lowest BCUT2D eigenvalue weighted by atomic mass is 10.1. The van der Waals surface area contributed by atoms with Crippen LogP contribution in [0.1, 0.15) is 64.0 Å². The Hall–Kier alpha value is -1.17. The molecule has 0 unspecified atom stereocenters. The number of aromatic nitrogens is 2. The average molecular weight is 346 g/mol. The topological polar surface area (TPSA) is 90.5 Å². The maximum absolute atomic E-state index is 13.3. The first kappa shape index (κ1) is 19.9. The molecule has 1 heterocycles. The fraction of sp³-hybridized carbons (Fsp3) is 0.733. The standard InChI is InChI=1S/C15H27N2O5P/c1-7-9-12-13(15(18)20-8-2)16-17-14(12)23(19,21-10(3)4)22-11(5)6/h10-11H,7-9H2,1-6H3,(H,16,17). The summed E-state index contributed by atoms with van der Waals surface area (Å²) in [5.74, 6) is -0.543. The van der Waals surface area contributed by atoms with E-state index < -0.39 is 13.6 Å². The minimum Gasteiger partial charge on any atom is -0.461 e. The summed E-state index contributed by atoms with van der Waals surface area (Å²) in [5, 5.41) is 6.69. The molecule has 0 saturated carbocycles. The molecule has 1 aromatic rings. The fourth-order valence-electron chi connectivity index (χ4n) is 2.12. The van der Waals surface area contributed by atoms with Crippen LogP contribution in [0.3, 0.4) is 0 Å². The molecular formula is C15H27N2O5P. The van der Waals surface area contributed by atoms with E-state index >= 15 is 0 Å². The monoisotopic (exact) mass is 346 g/mol. The first-order valence-corrected chi connectivity index (χ1v) is 9.51. The Labute approximate surface area is 137 Å². The number of carbonyl (C=O) groups excluding carboxylic acids is 1. The Morgan fingerprint density at radius 1 is 1.17 bits per heavy atom. The highest BCUT2D eigenvalue weighted by atomic mass is 31.2. The number of aromatic amines is 1. The molecule has 132 valence electrons. The van der Waals surface area contributed by atoms with E-state index in [2.05, 4.69) is 10.2 Å². The van der Waals surface area contributed by atoms with Gasteiger partial charge in [0.25, 0.3) is 0 Å². The molecule has 0 amide bonds. The zero-order chi connectivity index (χ0) is 17.6. The van der Waals surface area contributed by atoms with Crippen LogP contribution in [0.2, 0.25) is 0 Å². The molecule has 0 bridgehead atoms. The van der Waals surface area contributed by atoms with E-state index in [-0.39, 0.29) is 29.9 Å². The van der Waals surface area contributed by atoms with E-state index in [1.807, 2.05) is 6.92 Å². The Balaban J connectivity index is 3.36. The summed E-state index contributed by atoms with van der Waals surface area (Å²) >= 11 is 0. The summed E-state index contributed by atoms with van der Waals surface area (Å²) < 4.78 is 29.4. The van der Waals surface area contributed by atoms with E-state index in [0.717, 1.165) is 6.42 Å². The smallest absolute Gasteiger partial charge is 0.379 e. The number of H-pyrrole nitrogens is 1. The Morgan fingerprint density at radius 2 is 1.74 bits per heavy atom. The summed E-state index contributed by atoms with van der Waals surface area (Å²) in [4.78, 5) is 12.0. The van der Waals surface area contributed by atoms with Crippen LogP contribution < -0.4 is 5.44 Å². The summed E-state index contributed by atoms with van der Waals surface area (Å²) in [7, 11) is -3.61. The van der Waals surface area contributed by atoms with E-state index in [9.17, 15) is 9.36 Å². The fourth-order valence-corrected chi connectivity index (χ4v) is 4.21. The van der Waals surface area contributed by atoms with Crippen LogP contribution in [-0.4, -0.2) is 35.0 Å². The van der Waals surface area contributed by atoms with Gasteiger partial charge in [-0.05, 0) is 41.0 Å². The predicted octanol–water partition coefficient (Wildman–Crippen LogP) is 3.21. The van der Waals surface area contributed by atoms with Gasteiger partial charge < -0.3 is 13.8 Å². The van der Waals surface area contributed by atoms with Gasteiger partial charge in [-0.3, -0.25) is 9.66 Å². The Bertz CT molecular complexity index is 554. The molecule has 1 N–H and O–H groups in total. The Kier molecular flexibility index (Phi) is 7.45. The molecule has 1 aromatic heterocycles. The van der Waals surface area contributed by atoms with Crippen molar-refractivity contribution in [1.29, 1.82) is 0 Å². The third-order valence-electron chi connectivity index (χ3n) is 2.79. The second-order valence-corrected chi connectivity index (χ2v) is 7.54. The molecule has 8 heteroatoms. The van der Waals surface area contributed by atoms with Crippen LogP contribution in [0.5, 0.6) is 0 Å². The lowest BCUT2D eigenvalue weighted by molar-refractivity contribution is 0.0518. The molecule has 0 aliphatic rings. The van der Waals surface area contributed by atoms with Gasteiger partial charge in [-0.15, -0.1) is 0 Å². The maximum atomic E-state index is 13.3. The molecule has 0 spiro atoms. The molecule has 0 saturated heterocycles. The molecule has 0 radical (unpaired) electrons. The lowest BCUT2D eigenvalue weighted by Gasteiger charge is -2.22. The van der Waals surface area contributed by atoms with Crippen molar-refractivity contribution in [2.24, 2.45) is 0 Å². The molecule has 0 aliphatic heterocycles. The van der Waals surface area contributed by atoms with Gasteiger partial charge in [0.2, 0.25) is 0 Å². The van der Waals surface area contributed by atoms with Crippen LogP contribution in [0, 0.1) is 0 Å². The highest BCUT2D eigenvalue weighted by Crippen LogP contribution is 2.50. The zero-order valence-electron chi connectivity index (χ0n) is 14.7. The second kappa shape index (κ2) is 8.62. The van der Waals surface area contributed by atoms with Gasteiger partial charge in [-0.2, -0.15) is 5.10 Å². The van der Waals surface area contributed by atoms with Crippen molar-refractivity contribution in [3.05, 3.63) is 11.3 Å². The third kappa shape index (κ3) is 5.16. The highest BCUT2D eigenvalue weighted by Gasteiger charge is 2.37. The van der Waals surface area contributed by atoms with Crippen molar-refractivity contribution < 1.29 is 23.1 Å². The maximum Gasteiger partial charge on any atom is 0.379 e. The number of nitrogens with one attached hydrogen (secondary N) is 1. The van der Waals surface area contributed by atoms with Crippen molar-refractivity contribution in [1.82, 2.24) is 10.2 Å². The van der Waals surface area contributed by atoms with Gasteiger partial charge in [0.05, 0.1) is 18.8 Å². The number of rotatable bonds is 9. The highest BCUT2D eigenvalue weighted by molar-refractivity contribution is 7.62. The van der Waals surface area contributed by atoms with Gasteiger partial charge in [0, 0.05) is 5.56 Å². The van der Waals surface area contributed by atoms with Gasteiger partial charge in [0.1, 0.15) is 0 Å². The average Bonchev–Trinajstić information content (AvgIpc) is 2.82. The largest absolute Gasteiger partial charge is 0.461 e. The molecule has 23 heavy (non-hydrogen) atoms. The van der Waals surface area contributed by atoms with Crippen LogP contribution in [-0.2, 0) is 24.8 Å². The van der Waals surface area contributed by atoms with Crippen LogP contribution in [0.15, 0.2) is 0 Å². The quantitative estimate of drug-likeness (QED) is 0.545. The van der Waals surface area contributed by atoms with E-state index in [4.69, 9.17) is 13.8 Å². The molecule has 0 aromatic carbocycles. The van der Waals surface area contributed by atoms with E-state index in [1.54, 1.807) is 34.6 Å². The molecular weight excluding hydrogens is 319 g/mol. The van der Waals surface area contributed by atoms with Crippen LogP contribution >= 0.6 is 7.60 Å². The lowest BCUT2D eigenvalue weighted by Crippen LogP contribution is -2.21. The number of esters is 1. The van der Waals surface area contributed by atoms with Gasteiger partial charge in [-0.1, -0.05) is 13.3 Å². The minimum absolute atomic E-state index is 0.142. The third-order valence-corrected chi connectivity index (χ3v) is 5.10. The predicted molar refractivity (Wildman–Crippen MR) is 88.2 cm³/mol. The van der Waals surface area contributed by atoms with E-state index in [0.29, 0.717) is 12.0 Å². The first-order chi connectivity index (χ1) is 10.7. The second-order valence-electron chi connectivity index (χ2n) is 5.68. The summed E-state index contributed by atoms with van der Waals surface area (Å²) in [6.45, 7) is 11.0. The van der Waals surface area contributed by atoms with Crippen LogP contribution in [0.4, 0.5) is 0 Å². The molecule has 0 atom stereocenters. The molecule has 1 rings (SSSR count). The summed E-state index contributed by atoms with van der Waals surface area (Å²) in [6, 6.07) is 0. The van der Waals surface area contributed by atoms with Gasteiger partial charge in [-0.25, -0.2) is 4.79 Å². The SMILES string of the molecule is CCCc1c(C(=O)OCC)n[nH]c1P(=O)(OC(C)C)OC(C)C. The summed E-state index contributed by atoms with van der Waals surface area (Å²) in [6.07, 6.45) is 0.668.